The van der Waals surface area contributed by atoms with Crippen molar-refractivity contribution in [3.63, 3.8) is 0 Å². The van der Waals surface area contributed by atoms with Gasteiger partial charge in [-0.05, 0) is 59.8 Å². The van der Waals surface area contributed by atoms with Crippen LogP contribution >= 0.6 is 27.3 Å². The molecule has 0 saturated heterocycles. The smallest absolute Gasteiger partial charge is 0.258 e. The fourth-order valence-electron chi connectivity index (χ4n) is 2.42. The number of nitrogens with zero attached hydrogens (tertiary/aromatic N) is 1. The van der Waals surface area contributed by atoms with E-state index in [2.05, 4.69) is 26.2 Å². The first-order valence-electron chi connectivity index (χ1n) is 6.88. The zero-order chi connectivity index (χ0) is 14.8. The average molecular weight is 369 g/mol. The third-order valence-electron chi connectivity index (χ3n) is 3.49. The molecule has 1 N–H and O–H groups in total. The van der Waals surface area contributed by atoms with Crippen molar-refractivity contribution < 1.29 is 9.18 Å². The quantitative estimate of drug-likeness (QED) is 0.789. The second-order valence-corrected chi connectivity index (χ2v) is 6.97. The molecule has 1 aliphatic carbocycles. The van der Waals surface area contributed by atoms with Crippen LogP contribution in [-0.4, -0.2) is 10.9 Å². The van der Waals surface area contributed by atoms with E-state index in [1.54, 1.807) is 0 Å². The summed E-state index contributed by atoms with van der Waals surface area (Å²) in [7, 11) is 0. The van der Waals surface area contributed by atoms with Gasteiger partial charge in [-0.3, -0.25) is 10.1 Å². The van der Waals surface area contributed by atoms with Crippen molar-refractivity contribution in [2.45, 2.75) is 32.1 Å². The van der Waals surface area contributed by atoms with Crippen LogP contribution in [-0.2, 0) is 12.8 Å². The Bertz CT molecular complexity index is 663. The van der Waals surface area contributed by atoms with Crippen molar-refractivity contribution in [3.8, 4) is 0 Å². The third-order valence-corrected chi connectivity index (χ3v) is 5.25. The topological polar surface area (TPSA) is 42.0 Å². The summed E-state index contributed by atoms with van der Waals surface area (Å²) >= 11 is 4.80. The Balaban J connectivity index is 1.80. The van der Waals surface area contributed by atoms with Gasteiger partial charge in [0.2, 0.25) is 0 Å². The minimum atomic E-state index is -0.432. The lowest BCUT2D eigenvalue weighted by molar-refractivity contribution is 0.102. The molecule has 21 heavy (non-hydrogen) atoms. The first kappa shape index (κ1) is 14.7. The van der Waals surface area contributed by atoms with Crippen LogP contribution < -0.4 is 5.32 Å². The largest absolute Gasteiger partial charge is 0.298 e. The predicted molar refractivity (Wildman–Crippen MR) is 85.4 cm³/mol. The van der Waals surface area contributed by atoms with Crippen molar-refractivity contribution >= 4 is 38.3 Å². The number of aromatic nitrogens is 1. The fraction of sp³-hybridized carbons (Fsp3) is 0.333. The molecule has 2 aromatic rings. The van der Waals surface area contributed by atoms with Crippen LogP contribution in [0.4, 0.5) is 9.52 Å². The molecule has 0 spiro atoms. The zero-order valence-electron chi connectivity index (χ0n) is 11.3. The molecule has 0 aliphatic heterocycles. The van der Waals surface area contributed by atoms with E-state index in [4.69, 9.17) is 0 Å². The molecule has 3 nitrogen and oxygen atoms in total. The van der Waals surface area contributed by atoms with Gasteiger partial charge in [-0.1, -0.05) is 6.42 Å². The lowest BCUT2D eigenvalue weighted by Gasteiger charge is -2.04. The second-order valence-electron chi connectivity index (χ2n) is 5.03. The number of halogens is 2. The zero-order valence-corrected chi connectivity index (χ0v) is 13.7. The number of benzene rings is 1. The molecular weight excluding hydrogens is 355 g/mol. The highest BCUT2D eigenvalue weighted by atomic mass is 79.9. The number of anilines is 1. The summed E-state index contributed by atoms with van der Waals surface area (Å²) in [5.41, 5.74) is 1.38. The van der Waals surface area contributed by atoms with Gasteiger partial charge in [-0.15, -0.1) is 11.3 Å². The van der Waals surface area contributed by atoms with Gasteiger partial charge in [0, 0.05) is 9.35 Å². The van der Waals surface area contributed by atoms with Crippen molar-refractivity contribution in [2.75, 3.05) is 5.32 Å². The lowest BCUT2D eigenvalue weighted by Crippen LogP contribution is -2.12. The molecule has 0 atom stereocenters. The summed E-state index contributed by atoms with van der Waals surface area (Å²) in [5, 5.41) is 3.38. The van der Waals surface area contributed by atoms with Crippen molar-refractivity contribution in [3.05, 3.63) is 44.6 Å². The summed E-state index contributed by atoms with van der Waals surface area (Å²) in [6.45, 7) is 0. The number of hydrogen-bond acceptors (Lipinski definition) is 3. The van der Waals surface area contributed by atoms with E-state index in [1.807, 2.05) is 0 Å². The number of rotatable bonds is 2. The first-order valence-corrected chi connectivity index (χ1v) is 8.49. The van der Waals surface area contributed by atoms with Crippen LogP contribution in [0, 0.1) is 5.82 Å². The van der Waals surface area contributed by atoms with E-state index in [-0.39, 0.29) is 11.5 Å². The summed E-state index contributed by atoms with van der Waals surface area (Å²) in [4.78, 5) is 18.0. The van der Waals surface area contributed by atoms with E-state index in [0.717, 1.165) is 25.0 Å². The Kier molecular flexibility index (Phi) is 4.35. The Morgan fingerprint density at radius 2 is 2.10 bits per heavy atom. The Hall–Kier alpha value is -1.27. The van der Waals surface area contributed by atoms with Gasteiger partial charge in [0.05, 0.1) is 11.3 Å². The molecular formula is C15H14BrFN2OS. The van der Waals surface area contributed by atoms with E-state index >= 15 is 0 Å². The maximum atomic E-state index is 13.3. The maximum Gasteiger partial charge on any atom is 0.258 e. The highest BCUT2D eigenvalue weighted by Gasteiger charge is 2.17. The van der Waals surface area contributed by atoms with Gasteiger partial charge in [-0.25, -0.2) is 9.37 Å². The molecule has 1 amide bonds. The van der Waals surface area contributed by atoms with E-state index in [9.17, 15) is 9.18 Å². The summed E-state index contributed by atoms with van der Waals surface area (Å²) in [5.74, 6) is -0.774. The van der Waals surface area contributed by atoms with Gasteiger partial charge in [0.25, 0.3) is 5.91 Å². The monoisotopic (exact) mass is 368 g/mol. The van der Waals surface area contributed by atoms with Gasteiger partial charge in [0.15, 0.2) is 5.13 Å². The number of fused-ring (bicyclic) bond motifs is 1. The van der Waals surface area contributed by atoms with Crippen LogP contribution in [0.5, 0.6) is 0 Å². The summed E-state index contributed by atoms with van der Waals surface area (Å²) in [6, 6.07) is 4.06. The minimum absolute atomic E-state index is 0.278. The number of amides is 1. The van der Waals surface area contributed by atoms with Crippen LogP contribution in [0.2, 0.25) is 0 Å². The predicted octanol–water partition coefficient (Wildman–Crippen LogP) is 4.57. The van der Waals surface area contributed by atoms with Crippen LogP contribution in [0.15, 0.2) is 22.7 Å². The van der Waals surface area contributed by atoms with E-state index in [0.29, 0.717) is 9.60 Å². The standard InChI is InChI=1S/C15H14BrFN2OS/c16-11-7-6-9(17)8-10(11)14(20)19-15-18-12-4-2-1-3-5-13(12)21-15/h6-8H,1-5H2,(H,18,19,20). The molecule has 1 aromatic carbocycles. The molecule has 3 rings (SSSR count). The molecule has 0 saturated carbocycles. The van der Waals surface area contributed by atoms with E-state index in [1.165, 1.54) is 47.3 Å². The highest BCUT2D eigenvalue weighted by molar-refractivity contribution is 9.10. The number of aryl methyl sites for hydroxylation is 2. The van der Waals surface area contributed by atoms with Crippen LogP contribution in [0.1, 0.15) is 40.2 Å². The molecule has 110 valence electrons. The van der Waals surface area contributed by atoms with Crippen molar-refractivity contribution in [1.29, 1.82) is 0 Å². The molecule has 1 heterocycles. The SMILES string of the molecule is O=C(Nc1nc2c(s1)CCCCC2)c1cc(F)ccc1Br. The lowest BCUT2D eigenvalue weighted by atomic mass is 10.2. The van der Waals surface area contributed by atoms with Crippen LogP contribution in [0.25, 0.3) is 0 Å². The first-order chi connectivity index (χ1) is 10.1. The van der Waals surface area contributed by atoms with E-state index < -0.39 is 5.82 Å². The summed E-state index contributed by atoms with van der Waals surface area (Å²) in [6.07, 6.45) is 5.58. The Morgan fingerprint density at radius 1 is 1.29 bits per heavy atom. The van der Waals surface area contributed by atoms with Crippen molar-refractivity contribution in [2.24, 2.45) is 0 Å². The maximum absolute atomic E-state index is 13.3. The molecule has 1 aliphatic rings. The molecule has 1 aromatic heterocycles. The minimum Gasteiger partial charge on any atom is -0.298 e. The molecule has 6 heteroatoms. The number of hydrogen-bond donors (Lipinski definition) is 1. The highest BCUT2D eigenvalue weighted by Crippen LogP contribution is 2.29. The number of thiazole rings is 1. The molecule has 0 bridgehead atoms. The second kappa shape index (κ2) is 6.23. The Morgan fingerprint density at radius 3 is 2.95 bits per heavy atom. The molecule has 0 unspecified atom stereocenters. The van der Waals surface area contributed by atoms with Gasteiger partial charge in [0.1, 0.15) is 5.82 Å². The number of carbonyl (C=O) groups is 1. The average Bonchev–Trinajstić information content (AvgIpc) is 2.70. The van der Waals surface area contributed by atoms with Gasteiger partial charge in [-0.2, -0.15) is 0 Å². The van der Waals surface area contributed by atoms with Gasteiger partial charge < -0.3 is 0 Å². The summed E-state index contributed by atoms with van der Waals surface area (Å²) < 4.78 is 13.8. The molecule has 0 radical (unpaired) electrons. The number of nitrogens with one attached hydrogen (secondary N) is 1. The Labute approximate surface area is 134 Å². The number of carbonyl (C=O) groups excluding carboxylic acids is 1. The molecule has 0 fully saturated rings. The fourth-order valence-corrected chi connectivity index (χ4v) is 3.89. The van der Waals surface area contributed by atoms with Crippen molar-refractivity contribution in [1.82, 2.24) is 4.98 Å². The normalized spacial score (nSPS) is 14.4. The third kappa shape index (κ3) is 3.32. The van der Waals surface area contributed by atoms with Gasteiger partial charge >= 0.3 is 0 Å². The van der Waals surface area contributed by atoms with Crippen LogP contribution in [0.3, 0.4) is 0 Å².